The van der Waals surface area contributed by atoms with E-state index in [4.69, 9.17) is 19.3 Å². The highest BCUT2D eigenvalue weighted by molar-refractivity contribution is 7.92. The molecule has 0 amide bonds. The molecule has 4 aromatic rings. The zero-order valence-corrected chi connectivity index (χ0v) is 24.2. The van der Waals surface area contributed by atoms with Crippen LogP contribution in [0.5, 0.6) is 5.75 Å². The first-order chi connectivity index (χ1) is 19.6. The Labute approximate surface area is 237 Å². The maximum absolute atomic E-state index is 13.0. The summed E-state index contributed by atoms with van der Waals surface area (Å²) in [6, 6.07) is 13.0. The number of nitrogens with one attached hydrogen (secondary N) is 1. The monoisotopic (exact) mass is 601 g/mol. The number of rotatable bonds is 10. The standard InChI is InChI=1S/C28H32N3O8PS/c1-18-13-24-26-23(19-3-2-4-22(14-19)41(35,36)21-5-6-21)7-8-25(27(26)30-28(24)29-15-18)38-17-20-16-31(9-11-37-20)10-12-39-40(32,33)34/h2-4,7-8,13-15,20-21H,5-6,9-12,16-17H2,1H3,(H,29,30)(H2,32,33,34)/t20-/m0/s1. The molecule has 3 N–H and O–H groups in total. The fraction of sp³-hybridized carbons (Fsp3) is 0.393. The number of hydrogen-bond acceptors (Lipinski definition) is 8. The van der Waals surface area contributed by atoms with Crippen molar-refractivity contribution in [2.24, 2.45) is 0 Å². The average Bonchev–Trinajstić information content (AvgIpc) is 3.74. The molecule has 218 valence electrons. The molecule has 1 aliphatic heterocycles. The summed E-state index contributed by atoms with van der Waals surface area (Å²) in [4.78, 5) is 28.2. The molecule has 1 aliphatic carbocycles. The summed E-state index contributed by atoms with van der Waals surface area (Å²) >= 11 is 0. The minimum atomic E-state index is -4.50. The molecule has 1 saturated carbocycles. The molecule has 0 bridgehead atoms. The van der Waals surface area contributed by atoms with Gasteiger partial charge in [-0.2, -0.15) is 0 Å². The maximum Gasteiger partial charge on any atom is 0.469 e. The van der Waals surface area contributed by atoms with Gasteiger partial charge in [0.05, 0.1) is 28.9 Å². The van der Waals surface area contributed by atoms with Crippen LogP contribution in [0.1, 0.15) is 18.4 Å². The summed E-state index contributed by atoms with van der Waals surface area (Å²) in [6.07, 6.45) is 2.96. The molecule has 13 heteroatoms. The number of benzene rings is 2. The van der Waals surface area contributed by atoms with Gasteiger partial charge in [-0.05, 0) is 66.8 Å². The lowest BCUT2D eigenvalue weighted by molar-refractivity contribution is -0.0504. The summed E-state index contributed by atoms with van der Waals surface area (Å²) in [7, 11) is -7.84. The van der Waals surface area contributed by atoms with Gasteiger partial charge in [-0.15, -0.1) is 0 Å². The second-order valence-corrected chi connectivity index (χ2v) is 14.1. The Morgan fingerprint density at radius 3 is 2.80 bits per heavy atom. The van der Waals surface area contributed by atoms with Crippen molar-refractivity contribution in [3.05, 3.63) is 54.2 Å². The lowest BCUT2D eigenvalue weighted by atomic mass is 9.99. The van der Waals surface area contributed by atoms with Crippen molar-refractivity contribution >= 4 is 39.6 Å². The number of morpholine rings is 1. The van der Waals surface area contributed by atoms with Crippen molar-refractivity contribution in [1.82, 2.24) is 14.9 Å². The van der Waals surface area contributed by atoms with Gasteiger partial charge < -0.3 is 24.2 Å². The van der Waals surface area contributed by atoms with Gasteiger partial charge in [0.15, 0.2) is 9.84 Å². The Bertz CT molecular complexity index is 1750. The predicted molar refractivity (Wildman–Crippen MR) is 154 cm³/mol. The molecule has 11 nitrogen and oxygen atoms in total. The zero-order chi connectivity index (χ0) is 28.8. The third-order valence-corrected chi connectivity index (χ3v) is 10.2. The molecule has 3 heterocycles. The smallest absolute Gasteiger partial charge is 0.469 e. The Balaban J connectivity index is 1.29. The van der Waals surface area contributed by atoms with Crippen LogP contribution >= 0.6 is 7.82 Å². The van der Waals surface area contributed by atoms with Gasteiger partial charge in [-0.1, -0.05) is 12.1 Å². The number of ether oxygens (including phenoxy) is 2. The van der Waals surface area contributed by atoms with Crippen LogP contribution < -0.4 is 4.74 Å². The van der Waals surface area contributed by atoms with Crippen molar-refractivity contribution in [3.8, 4) is 16.9 Å². The molecule has 0 spiro atoms. The van der Waals surface area contributed by atoms with Crippen LogP contribution in [0.3, 0.4) is 0 Å². The number of sulfone groups is 1. The van der Waals surface area contributed by atoms with E-state index in [1.807, 2.05) is 30.0 Å². The summed E-state index contributed by atoms with van der Waals surface area (Å²) in [5.74, 6) is 0.617. The van der Waals surface area contributed by atoms with Crippen LogP contribution in [-0.2, 0) is 23.7 Å². The molecule has 6 rings (SSSR count). The first kappa shape index (κ1) is 28.3. The number of phosphoric acid groups is 1. The van der Waals surface area contributed by atoms with Gasteiger partial charge in [0.25, 0.3) is 0 Å². The van der Waals surface area contributed by atoms with E-state index in [1.165, 1.54) is 0 Å². The van der Waals surface area contributed by atoms with Gasteiger partial charge in [0.1, 0.15) is 24.1 Å². The highest BCUT2D eigenvalue weighted by Gasteiger charge is 2.37. The van der Waals surface area contributed by atoms with Crippen LogP contribution in [0.4, 0.5) is 0 Å². The molecule has 2 aromatic carbocycles. The predicted octanol–water partition coefficient (Wildman–Crippen LogP) is 3.82. The van der Waals surface area contributed by atoms with Gasteiger partial charge in [-0.25, -0.2) is 18.0 Å². The lowest BCUT2D eigenvalue weighted by Crippen LogP contribution is -2.46. The van der Waals surface area contributed by atoms with Crippen molar-refractivity contribution in [2.45, 2.75) is 36.0 Å². The van der Waals surface area contributed by atoms with Crippen LogP contribution in [-0.4, -0.2) is 83.9 Å². The van der Waals surface area contributed by atoms with E-state index in [9.17, 15) is 13.0 Å². The SMILES string of the molecule is Cc1cnc2[nH]c3c(OC[C@@H]4CN(CCOP(=O)(O)O)CCO4)ccc(-c4cccc(S(=O)(=O)C5CC5)c4)c3c2c1. The van der Waals surface area contributed by atoms with E-state index in [2.05, 4.69) is 20.6 Å². The third-order valence-electron chi connectivity index (χ3n) is 7.46. The van der Waals surface area contributed by atoms with Crippen LogP contribution in [0, 0.1) is 6.92 Å². The van der Waals surface area contributed by atoms with Crippen molar-refractivity contribution in [2.75, 3.05) is 39.5 Å². The van der Waals surface area contributed by atoms with E-state index in [0.29, 0.717) is 55.4 Å². The summed E-state index contributed by atoms with van der Waals surface area (Å²) in [5.41, 5.74) is 4.14. The number of fused-ring (bicyclic) bond motifs is 3. The molecule has 41 heavy (non-hydrogen) atoms. The number of phosphoric ester groups is 1. The molecule has 2 aromatic heterocycles. The number of nitrogens with zero attached hydrogens (tertiary/aromatic N) is 2. The fourth-order valence-electron chi connectivity index (χ4n) is 5.29. The van der Waals surface area contributed by atoms with E-state index >= 15 is 0 Å². The highest BCUT2D eigenvalue weighted by Crippen LogP contribution is 2.41. The second-order valence-electron chi connectivity index (χ2n) is 10.6. The van der Waals surface area contributed by atoms with Gasteiger partial charge in [-0.3, -0.25) is 9.42 Å². The Morgan fingerprint density at radius 1 is 1.20 bits per heavy atom. The highest BCUT2D eigenvalue weighted by atomic mass is 32.2. The van der Waals surface area contributed by atoms with Crippen molar-refractivity contribution < 1.29 is 36.8 Å². The van der Waals surface area contributed by atoms with Crippen molar-refractivity contribution in [3.63, 3.8) is 0 Å². The fourth-order valence-corrected chi connectivity index (χ4v) is 7.31. The second kappa shape index (κ2) is 11.1. The van der Waals surface area contributed by atoms with E-state index in [0.717, 1.165) is 33.0 Å². The number of pyridine rings is 1. The number of H-pyrrole nitrogens is 1. The quantitative estimate of drug-likeness (QED) is 0.229. The van der Waals surface area contributed by atoms with Crippen molar-refractivity contribution in [1.29, 1.82) is 0 Å². The summed E-state index contributed by atoms with van der Waals surface area (Å²) in [6.45, 7) is 4.15. The first-order valence-corrected chi connectivity index (χ1v) is 16.6. The van der Waals surface area contributed by atoms with Crippen LogP contribution in [0.2, 0.25) is 0 Å². The third kappa shape index (κ3) is 6.19. The average molecular weight is 602 g/mol. The normalized spacial score (nSPS) is 18.8. The molecule has 1 atom stereocenters. The lowest BCUT2D eigenvalue weighted by Gasteiger charge is -2.32. The molecule has 0 unspecified atom stereocenters. The van der Waals surface area contributed by atoms with Gasteiger partial charge in [0.2, 0.25) is 0 Å². The minimum Gasteiger partial charge on any atom is -0.489 e. The Morgan fingerprint density at radius 2 is 2.02 bits per heavy atom. The molecule has 1 saturated heterocycles. The summed E-state index contributed by atoms with van der Waals surface area (Å²) < 4.78 is 53.6. The first-order valence-electron chi connectivity index (χ1n) is 13.5. The number of aromatic amines is 1. The molecule has 2 fully saturated rings. The minimum absolute atomic E-state index is 0.0788. The number of hydrogen-bond donors (Lipinski definition) is 3. The number of aryl methyl sites for hydroxylation is 1. The molecular formula is C28H32N3O8PS. The van der Waals surface area contributed by atoms with Crippen LogP contribution in [0.15, 0.2) is 53.6 Å². The molecule has 0 radical (unpaired) electrons. The van der Waals surface area contributed by atoms with E-state index < -0.39 is 17.7 Å². The largest absolute Gasteiger partial charge is 0.489 e. The molecule has 2 aliphatic rings. The zero-order valence-electron chi connectivity index (χ0n) is 22.5. The number of aromatic nitrogens is 2. The van der Waals surface area contributed by atoms with Gasteiger partial charge in [0, 0.05) is 36.6 Å². The maximum atomic E-state index is 13.0. The van der Waals surface area contributed by atoms with E-state index in [-0.39, 0.29) is 24.6 Å². The van der Waals surface area contributed by atoms with Gasteiger partial charge >= 0.3 is 7.82 Å². The van der Waals surface area contributed by atoms with Crippen LogP contribution in [0.25, 0.3) is 33.1 Å². The topological polar surface area (TPSA) is 151 Å². The Kier molecular flexibility index (Phi) is 7.67. The Hall–Kier alpha value is -2.83. The van der Waals surface area contributed by atoms with E-state index in [1.54, 1.807) is 24.4 Å². The molecular weight excluding hydrogens is 569 g/mol. The summed E-state index contributed by atoms with van der Waals surface area (Å²) in [5, 5.41) is 1.53.